The molecular formula is C24H27N3O3S. The van der Waals surface area contributed by atoms with E-state index in [2.05, 4.69) is 43.0 Å². The van der Waals surface area contributed by atoms with Crippen molar-refractivity contribution in [3.05, 3.63) is 59.2 Å². The quantitative estimate of drug-likeness (QED) is 0.484. The van der Waals surface area contributed by atoms with Crippen molar-refractivity contribution in [3.63, 3.8) is 0 Å². The summed E-state index contributed by atoms with van der Waals surface area (Å²) in [5, 5.41) is 16.5. The highest BCUT2D eigenvalue weighted by molar-refractivity contribution is 7.93. The van der Waals surface area contributed by atoms with E-state index in [1.807, 2.05) is 12.1 Å². The number of benzene rings is 2. The Bertz CT molecular complexity index is 1260. The smallest absolute Gasteiger partial charge is 0.248 e. The Hall–Kier alpha value is -3.08. The van der Waals surface area contributed by atoms with Crippen LogP contribution in [0.25, 0.3) is 27.7 Å². The average Bonchev–Trinajstić information content (AvgIpc) is 3.22. The summed E-state index contributed by atoms with van der Waals surface area (Å²) >= 11 is 0. The van der Waals surface area contributed by atoms with Crippen LogP contribution in [-0.2, 0) is 10.0 Å². The molecule has 162 valence electrons. The maximum absolute atomic E-state index is 11.6. The van der Waals surface area contributed by atoms with Gasteiger partial charge in [0.05, 0.1) is 0 Å². The van der Waals surface area contributed by atoms with Crippen molar-refractivity contribution in [3.8, 4) is 17.4 Å². The molecule has 0 aliphatic rings. The van der Waals surface area contributed by atoms with E-state index in [1.54, 1.807) is 18.2 Å². The fourth-order valence-electron chi connectivity index (χ4n) is 3.66. The highest BCUT2D eigenvalue weighted by Gasteiger charge is 2.19. The molecule has 0 aliphatic heterocycles. The fraction of sp³-hybridized carbons (Fsp3) is 0.292. The SMILES string of the molecule is CCCN(CCC)c1ccc2cc(-c3ccc(/C(C)=C(\C#N)S(N)(=O)=O)o3)ccc2c1. The summed E-state index contributed by atoms with van der Waals surface area (Å²) < 4.78 is 29.1. The Kier molecular flexibility index (Phi) is 6.84. The van der Waals surface area contributed by atoms with E-state index in [9.17, 15) is 8.42 Å². The third-order valence-corrected chi connectivity index (χ3v) is 6.13. The van der Waals surface area contributed by atoms with Gasteiger partial charge < -0.3 is 9.32 Å². The molecule has 0 aliphatic carbocycles. The predicted octanol–water partition coefficient (Wildman–Crippen LogP) is 5.27. The number of anilines is 1. The van der Waals surface area contributed by atoms with Crippen molar-refractivity contribution in [1.82, 2.24) is 0 Å². The zero-order valence-electron chi connectivity index (χ0n) is 18.1. The minimum atomic E-state index is -4.11. The van der Waals surface area contributed by atoms with Crippen molar-refractivity contribution in [2.75, 3.05) is 18.0 Å². The molecule has 2 aromatic carbocycles. The number of nitriles is 1. The van der Waals surface area contributed by atoms with Crippen LogP contribution < -0.4 is 10.0 Å². The van der Waals surface area contributed by atoms with Crippen LogP contribution in [0.4, 0.5) is 5.69 Å². The average molecular weight is 438 g/mol. The van der Waals surface area contributed by atoms with Gasteiger partial charge in [-0.05, 0) is 60.9 Å². The Morgan fingerprint density at radius 2 is 1.68 bits per heavy atom. The molecular weight excluding hydrogens is 410 g/mol. The molecule has 0 saturated heterocycles. The van der Waals surface area contributed by atoms with Gasteiger partial charge in [-0.1, -0.05) is 32.0 Å². The highest BCUT2D eigenvalue weighted by Crippen LogP contribution is 2.31. The zero-order chi connectivity index (χ0) is 22.6. The maximum atomic E-state index is 11.6. The molecule has 0 bridgehead atoms. The van der Waals surface area contributed by atoms with E-state index in [-0.39, 0.29) is 5.57 Å². The molecule has 3 aromatic rings. The van der Waals surface area contributed by atoms with Gasteiger partial charge in [-0.15, -0.1) is 0 Å². The molecule has 1 heterocycles. The van der Waals surface area contributed by atoms with Gasteiger partial charge in [0.2, 0.25) is 10.0 Å². The van der Waals surface area contributed by atoms with Crippen LogP contribution in [-0.4, -0.2) is 21.5 Å². The summed E-state index contributed by atoms with van der Waals surface area (Å²) in [7, 11) is -4.11. The first kappa shape index (κ1) is 22.6. The van der Waals surface area contributed by atoms with Crippen LogP contribution in [0.2, 0.25) is 0 Å². The first-order valence-electron chi connectivity index (χ1n) is 10.3. The number of sulfonamides is 1. The Balaban J connectivity index is 1.96. The first-order valence-corrected chi connectivity index (χ1v) is 11.9. The summed E-state index contributed by atoms with van der Waals surface area (Å²) in [6, 6.07) is 17.6. The molecule has 2 N–H and O–H groups in total. The number of allylic oxidation sites excluding steroid dienone is 2. The third-order valence-electron chi connectivity index (χ3n) is 5.16. The van der Waals surface area contributed by atoms with Gasteiger partial charge in [0.15, 0.2) is 4.91 Å². The summed E-state index contributed by atoms with van der Waals surface area (Å²) in [4.78, 5) is 1.91. The summed E-state index contributed by atoms with van der Waals surface area (Å²) in [5.41, 5.74) is 2.28. The third kappa shape index (κ3) is 4.98. The lowest BCUT2D eigenvalue weighted by atomic mass is 10.0. The van der Waals surface area contributed by atoms with E-state index in [1.165, 1.54) is 12.6 Å². The molecule has 3 rings (SSSR count). The van der Waals surface area contributed by atoms with Crippen LogP contribution in [0.15, 0.2) is 57.9 Å². The van der Waals surface area contributed by atoms with E-state index in [4.69, 9.17) is 14.8 Å². The predicted molar refractivity (Wildman–Crippen MR) is 126 cm³/mol. The van der Waals surface area contributed by atoms with Crippen LogP contribution in [0, 0.1) is 11.3 Å². The lowest BCUT2D eigenvalue weighted by Gasteiger charge is -2.24. The van der Waals surface area contributed by atoms with Gasteiger partial charge in [-0.2, -0.15) is 5.26 Å². The topological polar surface area (TPSA) is 100 Å². The number of nitrogens with zero attached hydrogens (tertiary/aromatic N) is 2. The molecule has 0 unspecified atom stereocenters. The van der Waals surface area contributed by atoms with Gasteiger partial charge in [0.25, 0.3) is 0 Å². The van der Waals surface area contributed by atoms with E-state index >= 15 is 0 Å². The van der Waals surface area contributed by atoms with E-state index < -0.39 is 14.9 Å². The minimum absolute atomic E-state index is 0.189. The Morgan fingerprint density at radius 3 is 2.29 bits per heavy atom. The van der Waals surface area contributed by atoms with Crippen molar-refractivity contribution in [1.29, 1.82) is 5.26 Å². The molecule has 0 fully saturated rings. The molecule has 1 aromatic heterocycles. The number of rotatable bonds is 8. The van der Waals surface area contributed by atoms with Gasteiger partial charge in [-0.3, -0.25) is 0 Å². The zero-order valence-corrected chi connectivity index (χ0v) is 18.9. The molecule has 0 amide bonds. The number of fused-ring (bicyclic) bond motifs is 1. The number of hydrogen-bond acceptors (Lipinski definition) is 5. The molecule has 7 heteroatoms. The van der Waals surface area contributed by atoms with Crippen molar-refractivity contribution < 1.29 is 12.8 Å². The molecule has 0 saturated carbocycles. The first-order chi connectivity index (χ1) is 14.8. The molecule has 31 heavy (non-hydrogen) atoms. The van der Waals surface area contributed by atoms with Gasteiger partial charge >= 0.3 is 0 Å². The largest absolute Gasteiger partial charge is 0.456 e. The highest BCUT2D eigenvalue weighted by atomic mass is 32.2. The monoisotopic (exact) mass is 437 g/mol. The summed E-state index contributed by atoms with van der Waals surface area (Å²) in [5.74, 6) is 0.886. The normalized spacial score (nSPS) is 12.5. The lowest BCUT2D eigenvalue weighted by Crippen LogP contribution is -2.24. The Morgan fingerprint density at radius 1 is 1.03 bits per heavy atom. The van der Waals surface area contributed by atoms with Crippen LogP contribution in [0.1, 0.15) is 39.4 Å². The molecule has 0 spiro atoms. The van der Waals surface area contributed by atoms with Crippen LogP contribution in [0.3, 0.4) is 0 Å². The second-order valence-electron chi connectivity index (χ2n) is 7.51. The number of hydrogen-bond donors (Lipinski definition) is 1. The number of primary sulfonamides is 1. The van der Waals surface area contributed by atoms with Crippen molar-refractivity contribution in [2.45, 2.75) is 33.6 Å². The van der Waals surface area contributed by atoms with Gasteiger partial charge in [-0.25, -0.2) is 13.6 Å². The standard InChI is InChI=1S/C24H27N3O3S/c1-4-12-27(13-5-2)21-9-8-18-14-20(7-6-19(18)15-21)23-11-10-22(30-23)17(3)24(16-25)31(26,28)29/h6-11,14-15H,4-5,12-13H2,1-3H3,(H2,26,28,29)/b24-17+. The number of furan rings is 1. The minimum Gasteiger partial charge on any atom is -0.456 e. The second-order valence-corrected chi connectivity index (χ2v) is 9.01. The van der Waals surface area contributed by atoms with Gasteiger partial charge in [0.1, 0.15) is 17.6 Å². The number of nitrogens with two attached hydrogens (primary N) is 1. The second kappa shape index (κ2) is 9.38. The summed E-state index contributed by atoms with van der Waals surface area (Å²) in [6.07, 6.45) is 2.20. The van der Waals surface area contributed by atoms with Gasteiger partial charge in [0, 0.05) is 29.9 Å². The lowest BCUT2D eigenvalue weighted by molar-refractivity contribution is 0.566. The maximum Gasteiger partial charge on any atom is 0.248 e. The molecule has 6 nitrogen and oxygen atoms in total. The van der Waals surface area contributed by atoms with Crippen molar-refractivity contribution >= 4 is 32.1 Å². The van der Waals surface area contributed by atoms with E-state index in [0.717, 1.165) is 42.3 Å². The summed E-state index contributed by atoms with van der Waals surface area (Å²) in [6.45, 7) is 7.94. The van der Waals surface area contributed by atoms with Crippen LogP contribution in [0.5, 0.6) is 0 Å². The van der Waals surface area contributed by atoms with E-state index in [0.29, 0.717) is 11.5 Å². The van der Waals surface area contributed by atoms with Crippen LogP contribution >= 0.6 is 0 Å². The Labute approximate surface area is 183 Å². The van der Waals surface area contributed by atoms with Crippen molar-refractivity contribution in [2.24, 2.45) is 5.14 Å². The fourth-order valence-corrected chi connectivity index (χ4v) is 4.31. The molecule has 0 atom stereocenters. The molecule has 0 radical (unpaired) electrons.